The third-order valence-corrected chi connectivity index (χ3v) is 5.65. The molecule has 0 saturated carbocycles. The van der Waals surface area contributed by atoms with Gasteiger partial charge >= 0.3 is 11.9 Å². The van der Waals surface area contributed by atoms with Gasteiger partial charge in [0.25, 0.3) is 10.0 Å². The van der Waals surface area contributed by atoms with E-state index in [0.29, 0.717) is 8.09 Å². The van der Waals surface area contributed by atoms with Crippen LogP contribution in [0.2, 0.25) is 0 Å². The maximum Gasteiger partial charge on any atom is 0.318 e. The Labute approximate surface area is 115 Å². The predicted octanol–water partition coefficient (Wildman–Crippen LogP) is 0.671. The molecule has 2 N–H and O–H groups in total. The highest BCUT2D eigenvalue weighted by molar-refractivity contribution is 9.11. The normalized spacial score (nSPS) is 11.7. The molecule has 1 aromatic heterocycles. The molecule has 0 spiro atoms. The summed E-state index contributed by atoms with van der Waals surface area (Å²) in [5.41, 5.74) is 0. The van der Waals surface area contributed by atoms with Gasteiger partial charge in [0.15, 0.2) is 0 Å². The molecular formula is C8H8BrNO6S2. The van der Waals surface area contributed by atoms with Crippen LogP contribution in [0.5, 0.6) is 0 Å². The number of sulfonamides is 1. The molecule has 100 valence electrons. The van der Waals surface area contributed by atoms with Crippen molar-refractivity contribution in [2.75, 3.05) is 13.1 Å². The first-order valence-electron chi connectivity index (χ1n) is 4.42. The predicted molar refractivity (Wildman–Crippen MR) is 66.0 cm³/mol. The first-order chi connectivity index (χ1) is 8.23. The van der Waals surface area contributed by atoms with Crippen LogP contribution in [0.25, 0.3) is 0 Å². The Hall–Kier alpha value is -0.970. The zero-order chi connectivity index (χ0) is 13.9. The third-order valence-electron chi connectivity index (χ3n) is 1.77. The Morgan fingerprint density at radius 2 is 1.72 bits per heavy atom. The summed E-state index contributed by atoms with van der Waals surface area (Å²) in [5, 5.41) is 17.2. The average Bonchev–Trinajstić information content (AvgIpc) is 2.63. The Kier molecular flexibility index (Phi) is 4.85. The van der Waals surface area contributed by atoms with Crippen LogP contribution in [0.15, 0.2) is 20.1 Å². The second kappa shape index (κ2) is 5.78. The summed E-state index contributed by atoms with van der Waals surface area (Å²) in [5.74, 6) is -2.84. The number of hydrogen-bond acceptors (Lipinski definition) is 5. The van der Waals surface area contributed by atoms with Crippen LogP contribution in [0.3, 0.4) is 0 Å². The van der Waals surface area contributed by atoms with Gasteiger partial charge in [-0.3, -0.25) is 9.59 Å². The minimum atomic E-state index is -4.11. The highest BCUT2D eigenvalue weighted by Crippen LogP contribution is 2.28. The monoisotopic (exact) mass is 357 g/mol. The van der Waals surface area contributed by atoms with E-state index in [0.717, 1.165) is 11.3 Å². The van der Waals surface area contributed by atoms with Gasteiger partial charge in [-0.15, -0.1) is 11.3 Å². The van der Waals surface area contributed by atoms with Crippen molar-refractivity contribution < 1.29 is 28.2 Å². The van der Waals surface area contributed by atoms with Crippen molar-refractivity contribution in [3.63, 3.8) is 0 Å². The van der Waals surface area contributed by atoms with Gasteiger partial charge < -0.3 is 10.2 Å². The van der Waals surface area contributed by atoms with Gasteiger partial charge in [-0.1, -0.05) is 0 Å². The van der Waals surface area contributed by atoms with Crippen LogP contribution in [0, 0.1) is 0 Å². The van der Waals surface area contributed by atoms with Crippen LogP contribution in [-0.2, 0) is 19.6 Å². The zero-order valence-electron chi connectivity index (χ0n) is 8.74. The summed E-state index contributed by atoms with van der Waals surface area (Å²) < 4.78 is 24.8. The zero-order valence-corrected chi connectivity index (χ0v) is 12.0. The van der Waals surface area contributed by atoms with E-state index >= 15 is 0 Å². The number of nitrogens with zero attached hydrogens (tertiary/aromatic N) is 1. The molecule has 0 aliphatic heterocycles. The minimum Gasteiger partial charge on any atom is -0.480 e. The fraction of sp³-hybridized carbons (Fsp3) is 0.250. The van der Waals surface area contributed by atoms with Crippen LogP contribution < -0.4 is 0 Å². The molecule has 1 heterocycles. The van der Waals surface area contributed by atoms with Crippen molar-refractivity contribution in [1.82, 2.24) is 4.31 Å². The largest absolute Gasteiger partial charge is 0.480 e. The van der Waals surface area contributed by atoms with Gasteiger partial charge in [0.05, 0.1) is 3.79 Å². The molecule has 18 heavy (non-hydrogen) atoms. The van der Waals surface area contributed by atoms with Crippen molar-refractivity contribution in [3.05, 3.63) is 15.9 Å². The van der Waals surface area contributed by atoms with Crippen molar-refractivity contribution in [1.29, 1.82) is 0 Å². The summed E-state index contributed by atoms with van der Waals surface area (Å²) in [6.07, 6.45) is 0. The molecule has 0 bridgehead atoms. The third kappa shape index (κ3) is 3.77. The summed E-state index contributed by atoms with van der Waals surface area (Å²) in [7, 11) is -4.11. The van der Waals surface area contributed by atoms with E-state index in [1.54, 1.807) is 0 Å². The molecule has 0 unspecified atom stereocenters. The average molecular weight is 358 g/mol. The number of carboxylic acids is 2. The molecule has 0 aliphatic carbocycles. The molecule has 0 saturated heterocycles. The number of rotatable bonds is 6. The van der Waals surface area contributed by atoms with Crippen molar-refractivity contribution in [2.24, 2.45) is 0 Å². The standard InChI is InChI=1S/C8H8BrNO6S2/c9-5-1-2-8(17-5)18(15,16)10(3-6(11)12)4-7(13)14/h1-2H,3-4H2,(H,11,12)(H,13,14). The van der Waals surface area contributed by atoms with E-state index in [9.17, 15) is 18.0 Å². The second-order valence-corrected chi connectivity index (χ2v) is 7.75. The molecular weight excluding hydrogens is 350 g/mol. The SMILES string of the molecule is O=C(O)CN(CC(=O)O)S(=O)(=O)c1ccc(Br)s1. The van der Waals surface area contributed by atoms with Crippen LogP contribution in [-0.4, -0.2) is 48.0 Å². The molecule has 0 radical (unpaired) electrons. The number of carbonyl (C=O) groups is 2. The molecule has 0 atom stereocenters. The fourth-order valence-electron chi connectivity index (χ4n) is 1.09. The number of thiophene rings is 1. The van der Waals surface area contributed by atoms with Gasteiger partial charge in [-0.2, -0.15) is 4.31 Å². The van der Waals surface area contributed by atoms with Crippen molar-refractivity contribution in [2.45, 2.75) is 4.21 Å². The van der Waals surface area contributed by atoms with Crippen molar-refractivity contribution >= 4 is 49.2 Å². The van der Waals surface area contributed by atoms with E-state index in [-0.39, 0.29) is 4.21 Å². The van der Waals surface area contributed by atoms with Gasteiger partial charge in [0, 0.05) is 0 Å². The lowest BCUT2D eigenvalue weighted by Crippen LogP contribution is -2.39. The second-order valence-electron chi connectivity index (χ2n) is 3.12. The lowest BCUT2D eigenvalue weighted by Gasteiger charge is -2.16. The van der Waals surface area contributed by atoms with Crippen LogP contribution >= 0.6 is 27.3 Å². The van der Waals surface area contributed by atoms with Crippen LogP contribution in [0.1, 0.15) is 0 Å². The Morgan fingerprint density at radius 3 is 2.06 bits per heavy atom. The molecule has 1 aromatic rings. The molecule has 0 fully saturated rings. The Bertz CT molecular complexity index is 550. The first-order valence-corrected chi connectivity index (χ1v) is 7.47. The Morgan fingerprint density at radius 1 is 1.22 bits per heavy atom. The Balaban J connectivity index is 3.10. The lowest BCUT2D eigenvalue weighted by atomic mass is 10.6. The first kappa shape index (κ1) is 15.1. The van der Waals surface area contributed by atoms with Crippen molar-refractivity contribution in [3.8, 4) is 0 Å². The number of carboxylic acid groups (broad SMARTS) is 2. The maximum atomic E-state index is 12.0. The summed E-state index contributed by atoms with van der Waals surface area (Å²) >= 11 is 3.96. The highest BCUT2D eigenvalue weighted by Gasteiger charge is 2.29. The molecule has 7 nitrogen and oxygen atoms in total. The quantitative estimate of drug-likeness (QED) is 0.773. The maximum absolute atomic E-state index is 12.0. The van der Waals surface area contributed by atoms with E-state index in [1.807, 2.05) is 0 Å². The van der Waals surface area contributed by atoms with Crippen LogP contribution in [0.4, 0.5) is 0 Å². The summed E-state index contributed by atoms with van der Waals surface area (Å²) in [6.45, 7) is -1.80. The molecule has 0 aromatic carbocycles. The smallest absolute Gasteiger partial charge is 0.318 e. The molecule has 1 rings (SSSR count). The van der Waals surface area contributed by atoms with Gasteiger partial charge in [-0.25, -0.2) is 8.42 Å². The van der Waals surface area contributed by atoms with E-state index in [1.165, 1.54) is 12.1 Å². The minimum absolute atomic E-state index is 0.114. The van der Waals surface area contributed by atoms with E-state index in [2.05, 4.69) is 15.9 Å². The van der Waals surface area contributed by atoms with Gasteiger partial charge in [0.1, 0.15) is 17.3 Å². The molecule has 0 aliphatic rings. The lowest BCUT2D eigenvalue weighted by molar-refractivity contribution is -0.139. The highest BCUT2D eigenvalue weighted by atomic mass is 79.9. The molecule has 10 heteroatoms. The number of hydrogen-bond donors (Lipinski definition) is 2. The van der Waals surface area contributed by atoms with E-state index < -0.39 is 35.1 Å². The fourth-order valence-corrected chi connectivity index (χ4v) is 4.59. The summed E-state index contributed by atoms with van der Waals surface area (Å²) in [4.78, 5) is 21.1. The van der Waals surface area contributed by atoms with E-state index in [4.69, 9.17) is 10.2 Å². The number of aliphatic carboxylic acids is 2. The number of halogens is 1. The molecule has 0 amide bonds. The van der Waals surface area contributed by atoms with Gasteiger partial charge in [0.2, 0.25) is 0 Å². The van der Waals surface area contributed by atoms with Gasteiger partial charge in [-0.05, 0) is 28.1 Å². The summed E-state index contributed by atoms with van der Waals surface area (Å²) in [6, 6.07) is 2.76. The topological polar surface area (TPSA) is 112 Å².